The highest BCUT2D eigenvalue weighted by Gasteiger charge is 2.17. The molecule has 0 saturated heterocycles. The summed E-state index contributed by atoms with van der Waals surface area (Å²) >= 11 is 0. The average molecular weight is 418 g/mol. The zero-order valence-electron chi connectivity index (χ0n) is 15.6. The van der Waals surface area contributed by atoms with Crippen molar-refractivity contribution in [3.05, 3.63) is 71.6 Å². The van der Waals surface area contributed by atoms with Gasteiger partial charge >= 0.3 is 0 Å². The monoisotopic (exact) mass is 418 g/mol. The number of nitrogens with zero attached hydrogens (tertiary/aromatic N) is 2. The highest BCUT2D eigenvalue weighted by Crippen LogP contribution is 2.19. The van der Waals surface area contributed by atoms with Crippen molar-refractivity contribution >= 4 is 21.6 Å². The van der Waals surface area contributed by atoms with Crippen molar-refractivity contribution in [3.8, 4) is 0 Å². The van der Waals surface area contributed by atoms with E-state index in [0.29, 0.717) is 36.7 Å². The Balaban J connectivity index is 1.56. The van der Waals surface area contributed by atoms with Crippen LogP contribution in [0.2, 0.25) is 0 Å². The topological polar surface area (TPSA) is 114 Å². The molecule has 1 heterocycles. The van der Waals surface area contributed by atoms with Gasteiger partial charge in [0.15, 0.2) is 5.82 Å². The highest BCUT2D eigenvalue weighted by atomic mass is 32.2. The number of halogens is 1. The summed E-state index contributed by atoms with van der Waals surface area (Å²) < 4.78 is 45.6. The van der Waals surface area contributed by atoms with Crippen molar-refractivity contribution in [1.29, 1.82) is 0 Å². The molecule has 3 rings (SSSR count). The third-order valence-corrected chi connectivity index (χ3v) is 5.35. The van der Waals surface area contributed by atoms with Gasteiger partial charge in [-0.1, -0.05) is 17.3 Å². The Morgan fingerprint density at radius 2 is 1.86 bits per heavy atom. The summed E-state index contributed by atoms with van der Waals surface area (Å²) in [5.74, 6) is 0.0534. The minimum absolute atomic E-state index is 0.0796. The molecule has 3 aromatic rings. The molecule has 152 valence electrons. The number of carbonyl (C=O) groups is 1. The van der Waals surface area contributed by atoms with E-state index in [-0.39, 0.29) is 16.5 Å². The first kappa shape index (κ1) is 20.5. The summed E-state index contributed by atoms with van der Waals surface area (Å²) in [5, 5.41) is 6.43. The molecule has 0 unspecified atom stereocenters. The summed E-state index contributed by atoms with van der Waals surface area (Å²) in [6.07, 6.45) is 1.16. The van der Waals surface area contributed by atoms with Crippen molar-refractivity contribution in [3.63, 3.8) is 0 Å². The molecule has 29 heavy (non-hydrogen) atoms. The molecule has 10 heteroatoms. The fourth-order valence-electron chi connectivity index (χ4n) is 2.52. The molecule has 0 aliphatic carbocycles. The van der Waals surface area contributed by atoms with Crippen LogP contribution in [0.1, 0.15) is 28.5 Å². The lowest BCUT2D eigenvalue weighted by Gasteiger charge is -2.09. The van der Waals surface area contributed by atoms with Gasteiger partial charge in [0.2, 0.25) is 5.89 Å². The second-order valence-electron chi connectivity index (χ2n) is 6.20. The maximum Gasteiger partial charge on any atom is 0.261 e. The molecule has 0 fully saturated rings. The zero-order valence-corrected chi connectivity index (χ0v) is 16.4. The summed E-state index contributed by atoms with van der Waals surface area (Å²) in [6, 6.07) is 10.8. The fourth-order valence-corrected chi connectivity index (χ4v) is 3.59. The molecular formula is C19H19FN4O4S. The number of hydrogen-bond donors (Lipinski definition) is 2. The molecule has 0 aliphatic rings. The Morgan fingerprint density at radius 1 is 1.14 bits per heavy atom. The standard InChI is InChI=1S/C19H19FN4O4S/c1-13-22-18(28-23-13)7-4-12-21-19(25)14-8-10-15(11-9-14)29(26,27)24-17-6-3-2-5-16(17)20/h2-3,5-6,8-11,24H,4,7,12H2,1H3,(H,21,25). The van der Waals surface area contributed by atoms with E-state index < -0.39 is 15.8 Å². The molecule has 1 aromatic heterocycles. The van der Waals surface area contributed by atoms with Crippen molar-refractivity contribution in [1.82, 2.24) is 15.5 Å². The van der Waals surface area contributed by atoms with E-state index in [1.807, 2.05) is 0 Å². The number of nitrogens with one attached hydrogen (secondary N) is 2. The summed E-state index contributed by atoms with van der Waals surface area (Å²) in [5.41, 5.74) is 0.161. The molecule has 2 N–H and O–H groups in total. The van der Waals surface area contributed by atoms with Crippen molar-refractivity contribution in [2.75, 3.05) is 11.3 Å². The molecule has 1 amide bonds. The van der Waals surface area contributed by atoms with E-state index in [1.165, 1.54) is 42.5 Å². The van der Waals surface area contributed by atoms with Gasteiger partial charge in [0.05, 0.1) is 10.6 Å². The third kappa shape index (κ3) is 5.38. The first-order chi connectivity index (χ1) is 13.8. The van der Waals surface area contributed by atoms with E-state index in [1.54, 1.807) is 6.92 Å². The van der Waals surface area contributed by atoms with Crippen LogP contribution in [-0.4, -0.2) is 31.0 Å². The number of anilines is 1. The third-order valence-electron chi connectivity index (χ3n) is 3.97. The predicted octanol–water partition coefficient (Wildman–Crippen LogP) is 2.68. The van der Waals surface area contributed by atoms with E-state index in [4.69, 9.17) is 4.52 Å². The quantitative estimate of drug-likeness (QED) is 0.544. The molecule has 0 saturated carbocycles. The SMILES string of the molecule is Cc1noc(CCCNC(=O)c2ccc(S(=O)(=O)Nc3ccccc3F)cc2)n1. The minimum atomic E-state index is -3.97. The van der Waals surface area contributed by atoms with E-state index in [0.717, 1.165) is 6.07 Å². The molecule has 2 aromatic carbocycles. The maximum atomic E-state index is 13.7. The number of rotatable bonds is 8. The first-order valence-electron chi connectivity index (χ1n) is 8.80. The van der Waals surface area contributed by atoms with Crippen LogP contribution in [0.4, 0.5) is 10.1 Å². The molecule has 0 spiro atoms. The first-order valence-corrected chi connectivity index (χ1v) is 10.3. The largest absolute Gasteiger partial charge is 0.352 e. The van der Waals surface area contributed by atoms with Gasteiger partial charge in [-0.15, -0.1) is 0 Å². The molecule has 0 radical (unpaired) electrons. The smallest absolute Gasteiger partial charge is 0.261 e. The van der Waals surface area contributed by atoms with Crippen LogP contribution < -0.4 is 10.0 Å². The Morgan fingerprint density at radius 3 is 2.52 bits per heavy atom. The Hall–Kier alpha value is -3.27. The van der Waals surface area contributed by atoms with Crippen molar-refractivity contribution in [2.45, 2.75) is 24.7 Å². The molecule has 0 bridgehead atoms. The molecular weight excluding hydrogens is 399 g/mol. The number of benzene rings is 2. The van der Waals surface area contributed by atoms with Crippen LogP contribution >= 0.6 is 0 Å². The lowest BCUT2D eigenvalue weighted by molar-refractivity contribution is 0.0953. The van der Waals surface area contributed by atoms with Crippen LogP contribution in [0.3, 0.4) is 0 Å². The number of amides is 1. The molecule has 0 aliphatic heterocycles. The van der Waals surface area contributed by atoms with Crippen LogP contribution in [-0.2, 0) is 16.4 Å². The zero-order chi connectivity index (χ0) is 20.9. The number of carbonyl (C=O) groups excluding carboxylic acids is 1. The number of sulfonamides is 1. The molecule has 0 atom stereocenters. The van der Waals surface area contributed by atoms with E-state index in [2.05, 4.69) is 20.2 Å². The van der Waals surface area contributed by atoms with Gasteiger partial charge in [-0.25, -0.2) is 12.8 Å². The van der Waals surface area contributed by atoms with Crippen LogP contribution in [0.15, 0.2) is 57.9 Å². The number of aromatic nitrogens is 2. The lowest BCUT2D eigenvalue weighted by atomic mass is 10.2. The van der Waals surface area contributed by atoms with Gasteiger partial charge in [-0.05, 0) is 49.7 Å². The maximum absolute atomic E-state index is 13.7. The lowest BCUT2D eigenvalue weighted by Crippen LogP contribution is -2.25. The average Bonchev–Trinajstić information content (AvgIpc) is 3.12. The van der Waals surface area contributed by atoms with Crippen LogP contribution in [0, 0.1) is 12.7 Å². The molecule has 8 nitrogen and oxygen atoms in total. The summed E-state index contributed by atoms with van der Waals surface area (Å²) in [7, 11) is -3.97. The van der Waals surface area contributed by atoms with Gasteiger partial charge in [0.25, 0.3) is 15.9 Å². The van der Waals surface area contributed by atoms with Gasteiger partial charge < -0.3 is 9.84 Å². The Kier molecular flexibility index (Phi) is 6.23. The van der Waals surface area contributed by atoms with Gasteiger partial charge in [-0.2, -0.15) is 4.98 Å². The van der Waals surface area contributed by atoms with Crippen molar-refractivity contribution in [2.24, 2.45) is 0 Å². The second kappa shape index (κ2) is 8.82. The Bertz CT molecular complexity index is 1100. The summed E-state index contributed by atoms with van der Waals surface area (Å²) in [6.45, 7) is 2.12. The van der Waals surface area contributed by atoms with E-state index >= 15 is 0 Å². The second-order valence-corrected chi connectivity index (χ2v) is 7.89. The fraction of sp³-hybridized carbons (Fsp3) is 0.211. The van der Waals surface area contributed by atoms with Gasteiger partial charge in [0, 0.05) is 18.5 Å². The highest BCUT2D eigenvalue weighted by molar-refractivity contribution is 7.92. The van der Waals surface area contributed by atoms with Gasteiger partial charge in [-0.3, -0.25) is 9.52 Å². The predicted molar refractivity (Wildman–Crippen MR) is 103 cm³/mol. The van der Waals surface area contributed by atoms with E-state index in [9.17, 15) is 17.6 Å². The number of hydrogen-bond acceptors (Lipinski definition) is 6. The van der Waals surface area contributed by atoms with Crippen molar-refractivity contribution < 1.29 is 22.1 Å². The number of aryl methyl sites for hydroxylation is 2. The Labute approximate surface area is 167 Å². The minimum Gasteiger partial charge on any atom is -0.352 e. The normalized spacial score (nSPS) is 11.2. The number of para-hydroxylation sites is 1. The van der Waals surface area contributed by atoms with Gasteiger partial charge in [0.1, 0.15) is 5.82 Å². The van der Waals surface area contributed by atoms with Crippen LogP contribution in [0.5, 0.6) is 0 Å². The summed E-state index contributed by atoms with van der Waals surface area (Å²) in [4.78, 5) is 16.2. The van der Waals surface area contributed by atoms with Crippen LogP contribution in [0.25, 0.3) is 0 Å².